The first-order valence-electron chi connectivity index (χ1n) is 9.88. The van der Waals surface area contributed by atoms with E-state index >= 15 is 0 Å². The van der Waals surface area contributed by atoms with E-state index in [4.69, 9.17) is 4.42 Å². The molecule has 2 heterocycles. The largest absolute Gasteiger partial charge is 0.435 e. The number of quaternary nitrogens is 2. The fraction of sp³-hybridized carbons (Fsp3) is 0.273. The molecule has 1 amide bonds. The number of hydrogen-bond acceptors (Lipinski definition) is 3. The molecule has 0 spiro atoms. The van der Waals surface area contributed by atoms with Crippen LogP contribution in [0.15, 0.2) is 65.2 Å². The van der Waals surface area contributed by atoms with Gasteiger partial charge in [0.25, 0.3) is 11.8 Å². The Kier molecular flexibility index (Phi) is 5.97. The van der Waals surface area contributed by atoms with E-state index in [1.54, 1.807) is 18.3 Å². The number of anilines is 1. The summed E-state index contributed by atoms with van der Waals surface area (Å²) in [6.07, 6.45) is 1.78. The number of carbonyl (C=O) groups excluding carboxylic acids is 1. The van der Waals surface area contributed by atoms with Gasteiger partial charge < -0.3 is 19.5 Å². The van der Waals surface area contributed by atoms with Crippen molar-refractivity contribution in [1.29, 1.82) is 0 Å². The van der Waals surface area contributed by atoms with Crippen LogP contribution < -0.4 is 15.1 Å². The van der Waals surface area contributed by atoms with Gasteiger partial charge in [-0.15, -0.1) is 0 Å². The Balaban J connectivity index is 1.23. The molecule has 4 rings (SSSR count). The van der Waals surface area contributed by atoms with Crippen molar-refractivity contribution in [3.8, 4) is 11.3 Å². The van der Waals surface area contributed by atoms with Gasteiger partial charge >= 0.3 is 0 Å². The number of hydrogen-bond donors (Lipinski definition) is 3. The predicted molar refractivity (Wildman–Crippen MR) is 107 cm³/mol. The maximum absolute atomic E-state index is 13.2. The van der Waals surface area contributed by atoms with Crippen LogP contribution in [-0.2, 0) is 11.3 Å². The monoisotopic (exact) mass is 396 g/mol. The van der Waals surface area contributed by atoms with Crippen LogP contribution in [0.2, 0.25) is 0 Å². The third-order valence-electron chi connectivity index (χ3n) is 5.20. The molecule has 6 nitrogen and oxygen atoms in total. The lowest BCUT2D eigenvalue weighted by molar-refractivity contribution is -1.02. The highest BCUT2D eigenvalue weighted by Gasteiger charge is 2.26. The highest BCUT2D eigenvalue weighted by atomic mass is 19.1. The summed E-state index contributed by atoms with van der Waals surface area (Å²) in [7, 11) is 0. The standard InChI is InChI=1S/C22H23FN4O2/c23-18-7-4-8-19(13-18)25-21(28)15-26-9-11-27(12-10-26)16-22-24-14-20(29-22)17-5-2-1-3-6-17/h1-8,13-14H,9-12,15-16H2,(H,25,28)/p+2. The highest BCUT2D eigenvalue weighted by molar-refractivity contribution is 5.91. The lowest BCUT2D eigenvalue weighted by atomic mass is 10.2. The molecular formula is C22H25FN4O2+2. The highest BCUT2D eigenvalue weighted by Crippen LogP contribution is 2.19. The average Bonchev–Trinajstić information content (AvgIpc) is 3.19. The topological polar surface area (TPSA) is 64.0 Å². The number of carbonyl (C=O) groups is 1. The Morgan fingerprint density at radius 1 is 1.03 bits per heavy atom. The number of halogens is 1. The summed E-state index contributed by atoms with van der Waals surface area (Å²) >= 11 is 0. The van der Waals surface area contributed by atoms with Crippen molar-refractivity contribution in [2.75, 3.05) is 38.0 Å². The molecule has 1 aromatic heterocycles. The molecule has 1 fully saturated rings. The van der Waals surface area contributed by atoms with Crippen molar-refractivity contribution < 1.29 is 23.4 Å². The minimum Gasteiger partial charge on any atom is -0.435 e. The SMILES string of the molecule is O=C(C[NH+]1CC[NH+](Cc2ncc(-c3ccccc3)o2)CC1)Nc1cccc(F)c1. The van der Waals surface area contributed by atoms with E-state index in [-0.39, 0.29) is 11.7 Å². The van der Waals surface area contributed by atoms with Crippen molar-refractivity contribution in [2.24, 2.45) is 0 Å². The van der Waals surface area contributed by atoms with Crippen LogP contribution in [0.3, 0.4) is 0 Å². The quantitative estimate of drug-likeness (QED) is 0.565. The van der Waals surface area contributed by atoms with Crippen molar-refractivity contribution in [3.05, 3.63) is 72.5 Å². The molecule has 1 aliphatic heterocycles. The van der Waals surface area contributed by atoms with E-state index in [2.05, 4.69) is 10.3 Å². The number of nitrogens with one attached hydrogen (secondary N) is 3. The molecule has 3 N–H and O–H groups in total. The molecule has 150 valence electrons. The van der Waals surface area contributed by atoms with E-state index < -0.39 is 0 Å². The molecule has 1 aliphatic rings. The van der Waals surface area contributed by atoms with Gasteiger partial charge in [-0.05, 0) is 18.2 Å². The van der Waals surface area contributed by atoms with E-state index in [0.717, 1.165) is 49.9 Å². The zero-order valence-electron chi connectivity index (χ0n) is 16.2. The first kappa shape index (κ1) is 19.3. The Bertz CT molecular complexity index is 952. The predicted octanol–water partition coefficient (Wildman–Crippen LogP) is 0.403. The minimum atomic E-state index is -0.352. The minimum absolute atomic E-state index is 0.0887. The second-order valence-electron chi connectivity index (χ2n) is 7.40. The molecule has 1 saturated heterocycles. The van der Waals surface area contributed by atoms with E-state index in [1.807, 2.05) is 30.3 Å². The molecule has 0 bridgehead atoms. The Morgan fingerprint density at radius 2 is 1.79 bits per heavy atom. The average molecular weight is 396 g/mol. The van der Waals surface area contributed by atoms with E-state index in [9.17, 15) is 9.18 Å². The second-order valence-corrected chi connectivity index (χ2v) is 7.40. The van der Waals surface area contributed by atoms with Gasteiger partial charge in [-0.25, -0.2) is 9.37 Å². The van der Waals surface area contributed by atoms with Gasteiger partial charge in [-0.1, -0.05) is 36.4 Å². The number of piperazine rings is 1. The molecule has 3 aromatic rings. The molecular weight excluding hydrogens is 371 g/mol. The van der Waals surface area contributed by atoms with Crippen molar-refractivity contribution in [3.63, 3.8) is 0 Å². The van der Waals surface area contributed by atoms with E-state index in [0.29, 0.717) is 12.2 Å². The van der Waals surface area contributed by atoms with Crippen molar-refractivity contribution in [1.82, 2.24) is 4.98 Å². The summed E-state index contributed by atoms with van der Waals surface area (Å²) in [4.78, 5) is 19.3. The molecule has 0 saturated carbocycles. The summed E-state index contributed by atoms with van der Waals surface area (Å²) in [6.45, 7) is 4.84. The summed E-state index contributed by atoms with van der Waals surface area (Å²) < 4.78 is 19.1. The number of aromatic nitrogens is 1. The van der Waals surface area contributed by atoms with Crippen LogP contribution in [0, 0.1) is 5.82 Å². The summed E-state index contributed by atoms with van der Waals surface area (Å²) in [5.74, 6) is 1.09. The molecule has 0 radical (unpaired) electrons. The van der Waals surface area contributed by atoms with Crippen LogP contribution >= 0.6 is 0 Å². The second kappa shape index (κ2) is 8.98. The maximum atomic E-state index is 13.2. The number of amides is 1. The molecule has 29 heavy (non-hydrogen) atoms. The van der Waals surface area contributed by atoms with Gasteiger partial charge in [0.2, 0.25) is 0 Å². The van der Waals surface area contributed by atoms with Gasteiger partial charge in [0.05, 0.1) is 6.20 Å². The van der Waals surface area contributed by atoms with Crippen LogP contribution in [0.4, 0.5) is 10.1 Å². The number of nitrogens with zero attached hydrogens (tertiary/aromatic N) is 1. The van der Waals surface area contributed by atoms with Crippen LogP contribution in [0.5, 0.6) is 0 Å². The van der Waals surface area contributed by atoms with Crippen LogP contribution in [0.1, 0.15) is 5.89 Å². The summed E-state index contributed by atoms with van der Waals surface area (Å²) in [6, 6.07) is 15.9. The first-order valence-corrected chi connectivity index (χ1v) is 9.88. The molecule has 0 atom stereocenters. The van der Waals surface area contributed by atoms with Crippen LogP contribution in [0.25, 0.3) is 11.3 Å². The van der Waals surface area contributed by atoms with Crippen molar-refractivity contribution >= 4 is 11.6 Å². The zero-order chi connectivity index (χ0) is 20.1. The normalized spacial score (nSPS) is 19.1. The first-order chi connectivity index (χ1) is 14.2. The maximum Gasteiger partial charge on any atom is 0.279 e. The van der Waals surface area contributed by atoms with Gasteiger partial charge in [0.15, 0.2) is 18.8 Å². The third-order valence-corrected chi connectivity index (χ3v) is 5.20. The fourth-order valence-corrected chi connectivity index (χ4v) is 3.65. The number of benzene rings is 2. The zero-order valence-corrected chi connectivity index (χ0v) is 16.2. The summed E-state index contributed by atoms with van der Waals surface area (Å²) in [5, 5.41) is 2.77. The summed E-state index contributed by atoms with van der Waals surface area (Å²) in [5.41, 5.74) is 1.52. The number of oxazole rings is 1. The van der Waals surface area contributed by atoms with Gasteiger partial charge in [0, 0.05) is 11.3 Å². The molecule has 0 aliphatic carbocycles. The lowest BCUT2D eigenvalue weighted by Gasteiger charge is -2.28. The Morgan fingerprint density at radius 3 is 2.55 bits per heavy atom. The van der Waals surface area contributed by atoms with E-state index in [1.165, 1.54) is 21.9 Å². The van der Waals surface area contributed by atoms with Gasteiger partial charge in [-0.3, -0.25) is 4.79 Å². The fourth-order valence-electron chi connectivity index (χ4n) is 3.65. The Hall–Kier alpha value is -3.03. The molecule has 2 aromatic carbocycles. The van der Waals surface area contributed by atoms with Gasteiger partial charge in [-0.2, -0.15) is 0 Å². The number of rotatable bonds is 6. The van der Waals surface area contributed by atoms with Crippen LogP contribution in [-0.4, -0.2) is 43.6 Å². The Labute approximate surface area is 169 Å². The van der Waals surface area contributed by atoms with Gasteiger partial charge in [0.1, 0.15) is 32.0 Å². The lowest BCUT2D eigenvalue weighted by Crippen LogP contribution is -3.28. The van der Waals surface area contributed by atoms with Crippen molar-refractivity contribution in [2.45, 2.75) is 6.54 Å². The molecule has 7 heteroatoms. The molecule has 0 unspecified atom stereocenters. The third kappa shape index (κ3) is 5.28. The smallest absolute Gasteiger partial charge is 0.279 e.